The fourth-order valence-electron chi connectivity index (χ4n) is 1.37. The molecule has 0 aromatic rings. The summed E-state index contributed by atoms with van der Waals surface area (Å²) in [6, 6.07) is 0. The summed E-state index contributed by atoms with van der Waals surface area (Å²) in [5.74, 6) is 0. The van der Waals surface area contributed by atoms with Crippen LogP contribution < -0.4 is 0 Å². The van der Waals surface area contributed by atoms with Crippen LogP contribution in [0.25, 0.3) is 0 Å². The Morgan fingerprint density at radius 1 is 0.778 bits per heavy atom. The first kappa shape index (κ1) is 15.5. The van der Waals surface area contributed by atoms with Gasteiger partial charge < -0.3 is 0 Å². The molecule has 0 saturated heterocycles. The van der Waals surface area contributed by atoms with Crippen LogP contribution in [0.15, 0.2) is 45.4 Å². The Bertz CT molecular complexity index is 405. The van der Waals surface area contributed by atoms with Crippen molar-refractivity contribution in [1.82, 2.24) is 0 Å². The number of allylic oxidation sites excluding steroid dienone is 8. The van der Waals surface area contributed by atoms with Gasteiger partial charge in [-0.2, -0.15) is 0 Å². The van der Waals surface area contributed by atoms with Gasteiger partial charge in [-0.1, -0.05) is 0 Å². The van der Waals surface area contributed by atoms with E-state index < -0.39 is 8.67 Å². The van der Waals surface area contributed by atoms with Gasteiger partial charge in [0.2, 0.25) is 0 Å². The summed E-state index contributed by atoms with van der Waals surface area (Å²) in [5, 5.41) is 0. The molecule has 0 bridgehead atoms. The Kier molecular flexibility index (Phi) is 5.43. The van der Waals surface area contributed by atoms with Crippen molar-refractivity contribution in [2.75, 3.05) is 0 Å². The van der Waals surface area contributed by atoms with Gasteiger partial charge in [-0.25, -0.2) is 0 Å². The van der Waals surface area contributed by atoms with E-state index in [0.717, 1.165) is 0 Å². The fourth-order valence-corrected chi connectivity index (χ4v) is 8.28. The summed E-state index contributed by atoms with van der Waals surface area (Å²) < 4.78 is 1.30. The molecule has 2 aliphatic carbocycles. The van der Waals surface area contributed by atoms with Crippen molar-refractivity contribution in [3.63, 3.8) is 0 Å². The summed E-state index contributed by atoms with van der Waals surface area (Å²) in [5.41, 5.74) is 0. The molecule has 0 nitrogen and oxygen atoms in total. The fraction of sp³-hybridized carbons (Fsp3) is 0.333. The van der Waals surface area contributed by atoms with E-state index in [9.17, 15) is 0 Å². The first-order chi connectivity index (χ1) is 8.36. The number of halogens is 4. The maximum absolute atomic E-state index is 6.01. The Labute approximate surface area is 138 Å². The zero-order valence-electron chi connectivity index (χ0n) is 9.21. The van der Waals surface area contributed by atoms with Crippen LogP contribution in [0.5, 0.6) is 0 Å². The molecule has 2 rings (SSSR count). The van der Waals surface area contributed by atoms with Crippen LogP contribution in [0, 0.1) is 0 Å². The van der Waals surface area contributed by atoms with Gasteiger partial charge in [0.1, 0.15) is 0 Å². The quantitative estimate of drug-likeness (QED) is 0.440. The van der Waals surface area contributed by atoms with E-state index in [2.05, 4.69) is 12.2 Å². The van der Waals surface area contributed by atoms with E-state index >= 15 is 0 Å². The van der Waals surface area contributed by atoms with Crippen LogP contribution in [0.2, 0.25) is 0 Å². The van der Waals surface area contributed by atoms with E-state index in [4.69, 9.17) is 46.4 Å². The summed E-state index contributed by atoms with van der Waals surface area (Å²) in [4.78, 5) is 0. The normalized spacial score (nSPS) is 24.7. The second-order valence-electron chi connectivity index (χ2n) is 3.98. The second-order valence-corrected chi connectivity index (χ2v) is 13.4. The summed E-state index contributed by atoms with van der Waals surface area (Å²) in [7, 11) is 0. The third-order valence-corrected chi connectivity index (χ3v) is 10.8. The first-order valence-electron chi connectivity index (χ1n) is 5.25. The minimum absolute atomic E-state index is 0.461. The molecule has 0 saturated carbocycles. The van der Waals surface area contributed by atoms with Gasteiger partial charge in [0.05, 0.1) is 0 Å². The molecule has 0 fully saturated rings. The van der Waals surface area contributed by atoms with Gasteiger partial charge in [-0.05, 0) is 0 Å². The molecule has 0 N–H and O–H groups in total. The molecule has 0 spiro atoms. The van der Waals surface area contributed by atoms with E-state index in [1.165, 1.54) is 8.94 Å². The third kappa shape index (κ3) is 4.93. The zero-order valence-corrected chi connectivity index (χ0v) is 15.7. The van der Waals surface area contributed by atoms with Crippen molar-refractivity contribution in [2.45, 2.75) is 21.5 Å². The average molecular weight is 454 g/mol. The molecule has 0 atom stereocenters. The SMILES string of the molecule is ClC1(Cl)C=CC([Se][Se]C2=CCC(Cl)(Cl)C=C2)=CC1. The summed E-state index contributed by atoms with van der Waals surface area (Å²) in [6.07, 6.45) is 13.5. The number of hydrogen-bond donors (Lipinski definition) is 0. The number of hydrogen-bond acceptors (Lipinski definition) is 0. The van der Waals surface area contributed by atoms with Crippen molar-refractivity contribution in [3.8, 4) is 0 Å². The van der Waals surface area contributed by atoms with Gasteiger partial charge >= 0.3 is 140 Å². The summed E-state index contributed by atoms with van der Waals surface area (Å²) >= 11 is 25.0. The van der Waals surface area contributed by atoms with Gasteiger partial charge in [-0.15, -0.1) is 0 Å². The van der Waals surface area contributed by atoms with E-state index in [-0.39, 0.29) is 0 Å². The Hall–Kier alpha value is 1.16. The molecule has 6 heteroatoms. The van der Waals surface area contributed by atoms with Gasteiger partial charge in [-0.3, -0.25) is 0 Å². The number of alkyl halides is 4. The van der Waals surface area contributed by atoms with Crippen LogP contribution in [0.1, 0.15) is 12.8 Å². The van der Waals surface area contributed by atoms with E-state index in [0.29, 0.717) is 39.1 Å². The second kappa shape index (κ2) is 6.29. The molecule has 98 valence electrons. The Balaban J connectivity index is 1.84. The van der Waals surface area contributed by atoms with Crippen molar-refractivity contribution < 1.29 is 0 Å². The molecular formula is C12H10Cl4Se2. The molecule has 0 radical (unpaired) electrons. The van der Waals surface area contributed by atoms with Gasteiger partial charge in [0.15, 0.2) is 0 Å². The van der Waals surface area contributed by atoms with Crippen molar-refractivity contribution in [3.05, 3.63) is 45.4 Å². The number of rotatable bonds is 3. The standard InChI is InChI=1S/C12H10Cl4Se2/c13-11(14)5-1-9(2-6-11)17-18-10-3-7-12(15,16)8-4-10/h1-5,7H,6,8H2. The van der Waals surface area contributed by atoms with Crippen LogP contribution >= 0.6 is 46.4 Å². The van der Waals surface area contributed by atoms with Gasteiger partial charge in [0.25, 0.3) is 0 Å². The Morgan fingerprint density at radius 2 is 1.17 bits per heavy atom. The van der Waals surface area contributed by atoms with Crippen molar-refractivity contribution in [1.29, 1.82) is 0 Å². The molecule has 0 aromatic heterocycles. The molecule has 2 aliphatic rings. The third-order valence-electron chi connectivity index (χ3n) is 2.37. The topological polar surface area (TPSA) is 0 Å². The van der Waals surface area contributed by atoms with E-state index in [1.807, 2.05) is 24.3 Å². The first-order valence-corrected chi connectivity index (χ1v) is 12.8. The molecular weight excluding hydrogens is 444 g/mol. The van der Waals surface area contributed by atoms with Crippen molar-refractivity contribution >= 4 is 72.7 Å². The molecule has 0 amide bonds. The Morgan fingerprint density at radius 3 is 1.44 bits per heavy atom. The van der Waals surface area contributed by atoms with Crippen LogP contribution in [0.3, 0.4) is 0 Å². The van der Waals surface area contributed by atoms with Crippen LogP contribution in [0.4, 0.5) is 0 Å². The molecule has 0 aliphatic heterocycles. The summed E-state index contributed by atoms with van der Waals surface area (Å²) in [6.45, 7) is 0. The molecule has 0 unspecified atom stereocenters. The van der Waals surface area contributed by atoms with Gasteiger partial charge in [0, 0.05) is 0 Å². The monoisotopic (exact) mass is 454 g/mol. The average Bonchev–Trinajstić information content (AvgIpc) is 2.29. The molecule has 18 heavy (non-hydrogen) atoms. The molecule has 0 aromatic carbocycles. The van der Waals surface area contributed by atoms with E-state index in [1.54, 1.807) is 0 Å². The minimum atomic E-state index is -0.715. The van der Waals surface area contributed by atoms with Crippen molar-refractivity contribution in [2.24, 2.45) is 0 Å². The zero-order chi connectivity index (χ0) is 13.2. The van der Waals surface area contributed by atoms with Crippen LogP contribution in [-0.4, -0.2) is 34.9 Å². The maximum atomic E-state index is 6.01. The molecule has 0 heterocycles. The predicted octanol–water partition coefficient (Wildman–Crippen LogP) is 4.35. The predicted molar refractivity (Wildman–Crippen MR) is 84.1 cm³/mol. The van der Waals surface area contributed by atoms with Crippen LogP contribution in [-0.2, 0) is 0 Å².